The molecule has 6 unspecified atom stereocenters. The Kier molecular flexibility index (Phi) is 2.52. The summed E-state index contributed by atoms with van der Waals surface area (Å²) < 4.78 is 0. The molecule has 2 nitrogen and oxygen atoms in total. The first kappa shape index (κ1) is 10.1. The zero-order chi connectivity index (χ0) is 10.4. The Morgan fingerprint density at radius 3 is 2.53 bits per heavy atom. The van der Waals surface area contributed by atoms with Crippen molar-refractivity contribution >= 4 is 0 Å². The van der Waals surface area contributed by atoms with Crippen LogP contribution in [0.5, 0.6) is 0 Å². The fourth-order valence-corrected chi connectivity index (χ4v) is 5.20. The molecule has 3 saturated carbocycles. The van der Waals surface area contributed by atoms with E-state index in [0.29, 0.717) is 0 Å². The highest BCUT2D eigenvalue weighted by Gasteiger charge is 2.56. The maximum absolute atomic E-state index is 5.90. The number of fused-ring (bicyclic) bond motifs is 5. The Morgan fingerprint density at radius 1 is 0.933 bits per heavy atom. The summed E-state index contributed by atoms with van der Waals surface area (Å²) in [5.74, 6) is 5.90. The molecular weight excluding hydrogens is 184 g/mol. The molecule has 0 heterocycles. The van der Waals surface area contributed by atoms with Gasteiger partial charge in [-0.1, -0.05) is 0 Å². The number of hydrogen-bond acceptors (Lipinski definition) is 2. The molecule has 3 aliphatic carbocycles. The van der Waals surface area contributed by atoms with Gasteiger partial charge in [0.25, 0.3) is 0 Å². The van der Waals surface area contributed by atoms with Gasteiger partial charge in [-0.2, -0.15) is 0 Å². The van der Waals surface area contributed by atoms with Crippen LogP contribution in [-0.4, -0.2) is 13.1 Å². The van der Waals surface area contributed by atoms with Gasteiger partial charge in [0, 0.05) is 0 Å². The lowest BCUT2D eigenvalue weighted by atomic mass is 9.72. The third-order valence-electron chi connectivity index (χ3n) is 5.64. The van der Waals surface area contributed by atoms with Crippen LogP contribution in [0.4, 0.5) is 0 Å². The van der Waals surface area contributed by atoms with Crippen molar-refractivity contribution in [3.8, 4) is 0 Å². The van der Waals surface area contributed by atoms with Crippen molar-refractivity contribution < 1.29 is 0 Å². The van der Waals surface area contributed by atoms with Crippen LogP contribution < -0.4 is 11.5 Å². The molecule has 0 aromatic heterocycles. The second-order valence-electron chi connectivity index (χ2n) is 6.05. The minimum absolute atomic E-state index is 0.856. The maximum atomic E-state index is 5.90. The highest BCUT2D eigenvalue weighted by atomic mass is 14.7. The minimum Gasteiger partial charge on any atom is -0.330 e. The number of rotatable bonds is 3. The lowest BCUT2D eigenvalue weighted by molar-refractivity contribution is 0.153. The number of nitrogens with two attached hydrogens (primary N) is 2. The van der Waals surface area contributed by atoms with Gasteiger partial charge < -0.3 is 11.5 Å². The Bertz CT molecular complexity index is 241. The van der Waals surface area contributed by atoms with E-state index in [-0.39, 0.29) is 0 Å². The van der Waals surface area contributed by atoms with Crippen LogP contribution in [0.25, 0.3) is 0 Å². The molecule has 0 radical (unpaired) electrons. The van der Waals surface area contributed by atoms with Gasteiger partial charge in [-0.3, -0.25) is 0 Å². The van der Waals surface area contributed by atoms with E-state index in [1.165, 1.54) is 32.1 Å². The first-order valence-electron chi connectivity index (χ1n) is 6.75. The molecule has 0 saturated heterocycles. The second-order valence-corrected chi connectivity index (χ2v) is 6.05. The van der Waals surface area contributed by atoms with E-state index < -0.39 is 0 Å². The van der Waals surface area contributed by atoms with Crippen molar-refractivity contribution in [3.63, 3.8) is 0 Å². The van der Waals surface area contributed by atoms with Crippen LogP contribution in [0.1, 0.15) is 32.1 Å². The standard InChI is InChI=1S/C13H24N2/c14-4-3-8-1-2-11-9-5-10(7-15)12(6-9)13(8)11/h8-13H,1-7,14-15H2. The Balaban J connectivity index is 1.76. The average molecular weight is 208 g/mol. The molecule has 4 N–H and O–H groups in total. The van der Waals surface area contributed by atoms with E-state index in [2.05, 4.69) is 0 Å². The quantitative estimate of drug-likeness (QED) is 0.740. The highest BCUT2D eigenvalue weighted by Crippen LogP contribution is 2.62. The third kappa shape index (κ3) is 1.38. The van der Waals surface area contributed by atoms with Crippen LogP contribution in [0.15, 0.2) is 0 Å². The van der Waals surface area contributed by atoms with Gasteiger partial charge in [0.15, 0.2) is 0 Å². The summed E-state index contributed by atoms with van der Waals surface area (Å²) in [6, 6.07) is 0. The molecule has 0 spiro atoms. The summed E-state index contributed by atoms with van der Waals surface area (Å²) in [4.78, 5) is 0. The van der Waals surface area contributed by atoms with Gasteiger partial charge in [0.1, 0.15) is 0 Å². The first-order valence-corrected chi connectivity index (χ1v) is 6.75. The van der Waals surface area contributed by atoms with Gasteiger partial charge in [-0.25, -0.2) is 0 Å². The molecule has 2 heteroatoms. The van der Waals surface area contributed by atoms with E-state index in [1.54, 1.807) is 0 Å². The van der Waals surface area contributed by atoms with Gasteiger partial charge >= 0.3 is 0 Å². The van der Waals surface area contributed by atoms with Crippen molar-refractivity contribution in [2.75, 3.05) is 13.1 Å². The van der Waals surface area contributed by atoms with Crippen molar-refractivity contribution in [2.45, 2.75) is 32.1 Å². The molecule has 0 amide bonds. The third-order valence-corrected chi connectivity index (χ3v) is 5.64. The van der Waals surface area contributed by atoms with Crippen LogP contribution in [0.3, 0.4) is 0 Å². The second kappa shape index (κ2) is 3.74. The SMILES string of the molecule is NCCC1CCC2C3CC(CN)C(C3)C12. The monoisotopic (exact) mass is 208 g/mol. The Hall–Kier alpha value is -0.0800. The largest absolute Gasteiger partial charge is 0.330 e. The van der Waals surface area contributed by atoms with Crippen molar-refractivity contribution in [1.29, 1.82) is 0 Å². The summed E-state index contributed by atoms with van der Waals surface area (Å²) in [6.45, 7) is 1.82. The van der Waals surface area contributed by atoms with Crippen molar-refractivity contribution in [1.82, 2.24) is 0 Å². The smallest absolute Gasteiger partial charge is 0.00460 e. The van der Waals surface area contributed by atoms with E-state index in [9.17, 15) is 0 Å². The fraction of sp³-hybridized carbons (Fsp3) is 1.00. The molecule has 0 aromatic rings. The summed E-state index contributed by atoms with van der Waals surface area (Å²) >= 11 is 0. The first-order chi connectivity index (χ1) is 7.35. The molecule has 6 atom stereocenters. The summed E-state index contributed by atoms with van der Waals surface area (Å²) in [6.07, 6.45) is 7.16. The topological polar surface area (TPSA) is 52.0 Å². The minimum atomic E-state index is 0.856. The van der Waals surface area contributed by atoms with Crippen LogP contribution in [0, 0.1) is 35.5 Å². The molecule has 86 valence electrons. The predicted octanol–water partition coefficient (Wildman–Crippen LogP) is 1.59. The Morgan fingerprint density at radius 2 is 1.80 bits per heavy atom. The van der Waals surface area contributed by atoms with Crippen molar-refractivity contribution in [2.24, 2.45) is 47.0 Å². The average Bonchev–Trinajstić information content (AvgIpc) is 2.88. The zero-order valence-electron chi connectivity index (χ0n) is 9.57. The normalized spacial score (nSPS) is 52.4. The lowest BCUT2D eigenvalue weighted by Crippen LogP contribution is -2.32. The van der Waals surface area contributed by atoms with E-state index >= 15 is 0 Å². The predicted molar refractivity (Wildman–Crippen MR) is 62.1 cm³/mol. The fourth-order valence-electron chi connectivity index (χ4n) is 5.20. The zero-order valence-corrected chi connectivity index (χ0v) is 9.57. The molecule has 3 aliphatic rings. The van der Waals surface area contributed by atoms with Crippen molar-refractivity contribution in [3.05, 3.63) is 0 Å². The molecule has 3 fully saturated rings. The summed E-state index contributed by atoms with van der Waals surface area (Å²) in [5.41, 5.74) is 11.6. The summed E-state index contributed by atoms with van der Waals surface area (Å²) in [7, 11) is 0. The van der Waals surface area contributed by atoms with Crippen LogP contribution in [-0.2, 0) is 0 Å². The number of hydrogen-bond donors (Lipinski definition) is 2. The lowest BCUT2D eigenvalue weighted by Gasteiger charge is -2.34. The molecule has 2 bridgehead atoms. The Labute approximate surface area is 92.8 Å². The highest BCUT2D eigenvalue weighted by molar-refractivity contribution is 5.05. The summed E-state index contributed by atoms with van der Waals surface area (Å²) in [5, 5.41) is 0. The van der Waals surface area contributed by atoms with Gasteiger partial charge in [-0.05, 0) is 80.7 Å². The molecular formula is C13H24N2. The van der Waals surface area contributed by atoms with E-state index in [1.807, 2.05) is 0 Å². The molecule has 0 aliphatic heterocycles. The van der Waals surface area contributed by atoms with Gasteiger partial charge in [-0.15, -0.1) is 0 Å². The molecule has 15 heavy (non-hydrogen) atoms. The van der Waals surface area contributed by atoms with Crippen LogP contribution >= 0.6 is 0 Å². The maximum Gasteiger partial charge on any atom is -0.00460 e. The van der Waals surface area contributed by atoms with E-state index in [0.717, 1.165) is 48.6 Å². The van der Waals surface area contributed by atoms with E-state index in [4.69, 9.17) is 11.5 Å². The van der Waals surface area contributed by atoms with Crippen LogP contribution in [0.2, 0.25) is 0 Å². The van der Waals surface area contributed by atoms with Gasteiger partial charge in [0.05, 0.1) is 0 Å². The molecule has 0 aromatic carbocycles. The van der Waals surface area contributed by atoms with Gasteiger partial charge in [0.2, 0.25) is 0 Å². The molecule has 3 rings (SSSR count).